The standard InChI is InChI=1S/C22H21NO4/c1-16-9-10-17(12-21(16)25-2)13-22(24)26-15-18-6-3-4-8-20(18)27-19-7-5-11-23-14-19/h3-12,14H,13,15H2,1-2H3. The minimum atomic E-state index is -0.308. The number of carbonyl (C=O) groups excluding carboxylic acids is 1. The third kappa shape index (κ3) is 5.07. The second-order valence-corrected chi connectivity index (χ2v) is 6.04. The van der Waals surface area contributed by atoms with Crippen LogP contribution in [0.2, 0.25) is 0 Å². The monoisotopic (exact) mass is 363 g/mol. The van der Waals surface area contributed by atoms with Crippen molar-refractivity contribution in [3.8, 4) is 17.2 Å². The lowest BCUT2D eigenvalue weighted by atomic mass is 10.1. The smallest absolute Gasteiger partial charge is 0.310 e. The van der Waals surface area contributed by atoms with Crippen LogP contribution in [0.4, 0.5) is 0 Å². The van der Waals surface area contributed by atoms with Gasteiger partial charge in [0.2, 0.25) is 0 Å². The molecule has 5 heteroatoms. The lowest BCUT2D eigenvalue weighted by Crippen LogP contribution is -2.08. The van der Waals surface area contributed by atoms with Crippen molar-refractivity contribution in [3.63, 3.8) is 0 Å². The average molecular weight is 363 g/mol. The lowest BCUT2D eigenvalue weighted by Gasteiger charge is -2.12. The number of methoxy groups -OCH3 is 1. The summed E-state index contributed by atoms with van der Waals surface area (Å²) in [5.74, 6) is 1.71. The van der Waals surface area contributed by atoms with Crippen LogP contribution < -0.4 is 9.47 Å². The Morgan fingerprint density at radius 2 is 1.89 bits per heavy atom. The first kappa shape index (κ1) is 18.5. The molecule has 0 saturated carbocycles. The zero-order valence-corrected chi connectivity index (χ0v) is 15.3. The Kier molecular flexibility index (Phi) is 6.05. The number of nitrogens with zero attached hydrogens (tertiary/aromatic N) is 1. The highest BCUT2D eigenvalue weighted by Crippen LogP contribution is 2.25. The summed E-state index contributed by atoms with van der Waals surface area (Å²) in [7, 11) is 1.61. The van der Waals surface area contributed by atoms with Crippen molar-refractivity contribution in [2.45, 2.75) is 20.0 Å². The van der Waals surface area contributed by atoms with Crippen LogP contribution >= 0.6 is 0 Å². The molecule has 3 aromatic rings. The Hall–Kier alpha value is -3.34. The van der Waals surface area contributed by atoms with Gasteiger partial charge in [0, 0.05) is 11.8 Å². The molecule has 0 spiro atoms. The van der Waals surface area contributed by atoms with Gasteiger partial charge in [-0.1, -0.05) is 30.3 Å². The van der Waals surface area contributed by atoms with E-state index in [0.29, 0.717) is 11.5 Å². The number of carbonyl (C=O) groups is 1. The van der Waals surface area contributed by atoms with E-state index in [0.717, 1.165) is 22.4 Å². The van der Waals surface area contributed by atoms with Crippen LogP contribution in [0.5, 0.6) is 17.2 Å². The minimum Gasteiger partial charge on any atom is -0.496 e. The van der Waals surface area contributed by atoms with Crippen molar-refractivity contribution in [3.05, 3.63) is 83.7 Å². The summed E-state index contributed by atoms with van der Waals surface area (Å²) >= 11 is 0. The third-order valence-corrected chi connectivity index (χ3v) is 4.04. The molecule has 0 aliphatic rings. The zero-order chi connectivity index (χ0) is 19.1. The molecule has 0 N–H and O–H groups in total. The molecule has 1 aromatic heterocycles. The van der Waals surface area contributed by atoms with Gasteiger partial charge < -0.3 is 14.2 Å². The molecule has 0 amide bonds. The van der Waals surface area contributed by atoms with Crippen LogP contribution in [0.1, 0.15) is 16.7 Å². The molecule has 3 rings (SSSR count). The molecular weight excluding hydrogens is 342 g/mol. The highest BCUT2D eigenvalue weighted by Gasteiger charge is 2.10. The molecule has 0 fully saturated rings. The van der Waals surface area contributed by atoms with Crippen LogP contribution in [-0.4, -0.2) is 18.1 Å². The molecule has 0 aliphatic heterocycles. The number of aryl methyl sites for hydroxylation is 1. The molecule has 27 heavy (non-hydrogen) atoms. The molecule has 5 nitrogen and oxygen atoms in total. The molecule has 0 radical (unpaired) electrons. The summed E-state index contributed by atoms with van der Waals surface area (Å²) in [5, 5.41) is 0. The topological polar surface area (TPSA) is 57.7 Å². The van der Waals surface area contributed by atoms with E-state index in [4.69, 9.17) is 14.2 Å². The van der Waals surface area contributed by atoms with Gasteiger partial charge in [-0.25, -0.2) is 0 Å². The molecular formula is C22H21NO4. The lowest BCUT2D eigenvalue weighted by molar-refractivity contribution is -0.144. The Morgan fingerprint density at radius 1 is 1.04 bits per heavy atom. The predicted octanol–water partition coefficient (Wildman–Crippen LogP) is 4.48. The van der Waals surface area contributed by atoms with Crippen molar-refractivity contribution in [2.24, 2.45) is 0 Å². The molecule has 0 aliphatic carbocycles. The minimum absolute atomic E-state index is 0.137. The fraction of sp³-hybridized carbons (Fsp3) is 0.182. The summed E-state index contributed by atoms with van der Waals surface area (Å²) in [5.41, 5.74) is 2.66. The first-order valence-electron chi connectivity index (χ1n) is 8.60. The Bertz CT molecular complexity index is 909. The van der Waals surface area contributed by atoms with Gasteiger partial charge in [0.25, 0.3) is 0 Å². The average Bonchev–Trinajstić information content (AvgIpc) is 2.69. The zero-order valence-electron chi connectivity index (χ0n) is 15.3. The highest BCUT2D eigenvalue weighted by molar-refractivity contribution is 5.73. The number of hydrogen-bond donors (Lipinski definition) is 0. The number of esters is 1. The maximum Gasteiger partial charge on any atom is 0.310 e. The number of pyridine rings is 1. The van der Waals surface area contributed by atoms with Gasteiger partial charge in [-0.05, 0) is 42.3 Å². The molecule has 0 unspecified atom stereocenters. The van der Waals surface area contributed by atoms with E-state index in [-0.39, 0.29) is 19.0 Å². The van der Waals surface area contributed by atoms with Gasteiger partial charge in [0.15, 0.2) is 0 Å². The Labute approximate surface area is 158 Å². The summed E-state index contributed by atoms with van der Waals surface area (Å²) < 4.78 is 16.6. The second kappa shape index (κ2) is 8.85. The maximum atomic E-state index is 12.2. The SMILES string of the molecule is COc1cc(CC(=O)OCc2ccccc2Oc2cccnc2)ccc1C. The van der Waals surface area contributed by atoms with E-state index in [1.54, 1.807) is 25.6 Å². The number of aromatic nitrogens is 1. The molecule has 2 aromatic carbocycles. The van der Waals surface area contributed by atoms with Crippen molar-refractivity contribution < 1.29 is 19.0 Å². The van der Waals surface area contributed by atoms with Gasteiger partial charge in [-0.3, -0.25) is 9.78 Å². The normalized spacial score (nSPS) is 10.3. The number of para-hydroxylation sites is 1. The predicted molar refractivity (Wildman–Crippen MR) is 102 cm³/mol. The molecule has 138 valence electrons. The van der Waals surface area contributed by atoms with Crippen molar-refractivity contribution in [1.29, 1.82) is 0 Å². The summed E-state index contributed by atoms with van der Waals surface area (Å²) in [4.78, 5) is 16.3. The molecule has 0 atom stereocenters. The van der Waals surface area contributed by atoms with Crippen LogP contribution in [0.3, 0.4) is 0 Å². The molecule has 0 bridgehead atoms. The van der Waals surface area contributed by atoms with E-state index in [1.807, 2.05) is 55.5 Å². The van der Waals surface area contributed by atoms with E-state index in [1.165, 1.54) is 0 Å². The number of benzene rings is 2. The van der Waals surface area contributed by atoms with E-state index in [9.17, 15) is 4.79 Å². The van der Waals surface area contributed by atoms with Gasteiger partial charge in [0.05, 0.1) is 19.7 Å². The van der Waals surface area contributed by atoms with E-state index in [2.05, 4.69) is 4.98 Å². The molecule has 1 heterocycles. The van der Waals surface area contributed by atoms with Gasteiger partial charge in [-0.15, -0.1) is 0 Å². The van der Waals surface area contributed by atoms with Crippen LogP contribution in [-0.2, 0) is 22.6 Å². The van der Waals surface area contributed by atoms with Gasteiger partial charge in [-0.2, -0.15) is 0 Å². The Balaban J connectivity index is 1.62. The quantitative estimate of drug-likeness (QED) is 0.580. The van der Waals surface area contributed by atoms with Crippen molar-refractivity contribution in [2.75, 3.05) is 7.11 Å². The van der Waals surface area contributed by atoms with E-state index >= 15 is 0 Å². The summed E-state index contributed by atoms with van der Waals surface area (Å²) in [6.07, 6.45) is 3.50. The number of ether oxygens (including phenoxy) is 3. The number of hydrogen-bond acceptors (Lipinski definition) is 5. The first-order valence-corrected chi connectivity index (χ1v) is 8.60. The van der Waals surface area contributed by atoms with Crippen molar-refractivity contribution >= 4 is 5.97 Å². The Morgan fingerprint density at radius 3 is 2.67 bits per heavy atom. The van der Waals surface area contributed by atoms with E-state index < -0.39 is 0 Å². The van der Waals surface area contributed by atoms with Gasteiger partial charge in [0.1, 0.15) is 23.9 Å². The highest BCUT2D eigenvalue weighted by atomic mass is 16.5. The number of rotatable bonds is 7. The van der Waals surface area contributed by atoms with Crippen LogP contribution in [0.25, 0.3) is 0 Å². The van der Waals surface area contributed by atoms with Gasteiger partial charge >= 0.3 is 5.97 Å². The maximum absolute atomic E-state index is 12.2. The molecule has 0 saturated heterocycles. The third-order valence-electron chi connectivity index (χ3n) is 4.04. The first-order chi connectivity index (χ1) is 13.2. The largest absolute Gasteiger partial charge is 0.496 e. The van der Waals surface area contributed by atoms with Crippen LogP contribution in [0, 0.1) is 6.92 Å². The fourth-order valence-corrected chi connectivity index (χ4v) is 2.61. The second-order valence-electron chi connectivity index (χ2n) is 6.04. The van der Waals surface area contributed by atoms with Crippen molar-refractivity contribution in [1.82, 2.24) is 4.98 Å². The summed E-state index contributed by atoms with van der Waals surface area (Å²) in [6, 6.07) is 16.8. The fourth-order valence-electron chi connectivity index (χ4n) is 2.61. The summed E-state index contributed by atoms with van der Waals surface area (Å²) in [6.45, 7) is 2.10. The van der Waals surface area contributed by atoms with Crippen LogP contribution in [0.15, 0.2) is 67.0 Å².